The minimum Gasteiger partial charge on any atom is -0.362 e. The molecule has 0 bridgehead atoms. The van der Waals surface area contributed by atoms with Crippen LogP contribution in [0.15, 0.2) is 48.5 Å². The van der Waals surface area contributed by atoms with Crippen molar-refractivity contribution in [3.63, 3.8) is 0 Å². The summed E-state index contributed by atoms with van der Waals surface area (Å²) in [7, 11) is -0.321. The summed E-state index contributed by atoms with van der Waals surface area (Å²) in [6.07, 6.45) is 0.922. The number of benzene rings is 2. The molecule has 0 N–H and O–H groups in total. The molecule has 132 valence electrons. The molecule has 2 aromatic carbocycles. The van der Waals surface area contributed by atoms with E-state index >= 15 is 0 Å². The molecule has 1 unspecified atom stereocenters. The van der Waals surface area contributed by atoms with E-state index in [1.54, 1.807) is 0 Å². The van der Waals surface area contributed by atoms with Crippen LogP contribution >= 0.6 is 7.75 Å². The van der Waals surface area contributed by atoms with Gasteiger partial charge in [0.2, 0.25) is 0 Å². The Hall–Kier alpha value is -1.65. The van der Waals surface area contributed by atoms with Gasteiger partial charge in [-0.3, -0.25) is 9.05 Å². The first kappa shape index (κ1) is 16.8. The second-order valence-corrected chi connectivity index (χ2v) is 8.69. The van der Waals surface area contributed by atoms with Gasteiger partial charge in [0.1, 0.15) is 0 Å². The molecule has 1 saturated heterocycles. The Kier molecular flexibility index (Phi) is 4.42. The maximum absolute atomic E-state index is 12.9. The van der Waals surface area contributed by atoms with Gasteiger partial charge < -0.3 is 4.90 Å². The number of hydrogen-bond donors (Lipinski definition) is 0. The van der Waals surface area contributed by atoms with E-state index in [4.69, 9.17) is 9.05 Å². The van der Waals surface area contributed by atoms with Crippen LogP contribution in [0, 0.1) is 0 Å². The third kappa shape index (κ3) is 2.81. The number of hydrogen-bond acceptors (Lipinski definition) is 4. The molecule has 6 heteroatoms. The van der Waals surface area contributed by atoms with Gasteiger partial charge in [-0.1, -0.05) is 42.5 Å². The number of rotatable bonds is 3. The molecule has 2 heterocycles. The number of fused-ring (bicyclic) bond motifs is 5. The molecule has 5 nitrogen and oxygen atoms in total. The van der Waals surface area contributed by atoms with Crippen molar-refractivity contribution in [2.45, 2.75) is 12.5 Å². The lowest BCUT2D eigenvalue weighted by atomic mass is 9.96. The zero-order valence-corrected chi connectivity index (χ0v) is 15.5. The monoisotopic (exact) mass is 358 g/mol. The fraction of sp³-hybridized carbons (Fsp3) is 0.368. The Balaban J connectivity index is 1.79. The fourth-order valence-electron chi connectivity index (χ4n) is 4.02. The Morgan fingerprint density at radius 3 is 2.40 bits per heavy atom. The molecular formula is C19H23N2O3P. The van der Waals surface area contributed by atoms with Gasteiger partial charge in [0, 0.05) is 39.5 Å². The first-order valence-corrected chi connectivity index (χ1v) is 10.0. The van der Waals surface area contributed by atoms with Gasteiger partial charge in [-0.25, -0.2) is 9.24 Å². The average molecular weight is 358 g/mol. The summed E-state index contributed by atoms with van der Waals surface area (Å²) < 4.78 is 25.2. The lowest BCUT2D eigenvalue weighted by Crippen LogP contribution is -2.47. The van der Waals surface area contributed by atoms with Gasteiger partial charge in [0.15, 0.2) is 0 Å². The Labute approximate surface area is 148 Å². The standard InChI is InChI=1S/C19H23N2O3P/c1-23-25(22,24-2)20-11-12-21-18-10-6-4-8-16(18)13-15-7-3-5-9-17(15)19(21)14-20/h3-10,19H,11-14H2,1-2H3. The van der Waals surface area contributed by atoms with Crippen LogP contribution in [0.5, 0.6) is 0 Å². The summed E-state index contributed by atoms with van der Waals surface area (Å²) in [5.41, 5.74) is 5.23. The summed E-state index contributed by atoms with van der Waals surface area (Å²) >= 11 is 0. The van der Waals surface area contributed by atoms with Gasteiger partial charge in [-0.05, 0) is 29.2 Å². The Bertz CT molecular complexity index is 818. The van der Waals surface area contributed by atoms with E-state index in [2.05, 4.69) is 53.4 Å². The first-order valence-electron chi connectivity index (χ1n) is 8.55. The van der Waals surface area contributed by atoms with Crippen molar-refractivity contribution in [1.82, 2.24) is 4.67 Å². The SMILES string of the molecule is COP(=O)(OC)N1CCN2c3ccccc3Cc3ccccc3C2C1. The molecule has 25 heavy (non-hydrogen) atoms. The van der Waals surface area contributed by atoms with Gasteiger partial charge >= 0.3 is 7.75 Å². The van der Waals surface area contributed by atoms with E-state index in [9.17, 15) is 4.57 Å². The third-order valence-corrected chi connectivity index (χ3v) is 7.24. The third-order valence-electron chi connectivity index (χ3n) is 5.26. The highest BCUT2D eigenvalue weighted by molar-refractivity contribution is 7.51. The van der Waals surface area contributed by atoms with Crippen LogP contribution in [0.25, 0.3) is 0 Å². The van der Waals surface area contributed by atoms with E-state index in [0.717, 1.165) is 13.0 Å². The molecular weight excluding hydrogens is 335 g/mol. The molecule has 0 spiro atoms. The maximum atomic E-state index is 12.9. The summed E-state index contributed by atoms with van der Waals surface area (Å²) in [6.45, 7) is 2.04. The van der Waals surface area contributed by atoms with Gasteiger partial charge in [-0.15, -0.1) is 0 Å². The average Bonchev–Trinajstić information content (AvgIpc) is 2.81. The lowest BCUT2D eigenvalue weighted by Gasteiger charge is -2.43. The van der Waals surface area contributed by atoms with Crippen LogP contribution in [0.3, 0.4) is 0 Å². The van der Waals surface area contributed by atoms with Crippen molar-refractivity contribution < 1.29 is 13.6 Å². The largest absolute Gasteiger partial charge is 0.407 e. The highest BCUT2D eigenvalue weighted by Gasteiger charge is 2.40. The Morgan fingerprint density at radius 2 is 1.64 bits per heavy atom. The minimum absolute atomic E-state index is 0.132. The minimum atomic E-state index is -3.22. The fourth-order valence-corrected chi connectivity index (χ4v) is 5.32. The van der Waals surface area contributed by atoms with Gasteiger partial charge in [0.25, 0.3) is 0 Å². The first-order chi connectivity index (χ1) is 12.2. The zero-order valence-electron chi connectivity index (χ0n) is 14.6. The molecule has 0 amide bonds. The molecule has 2 aliphatic heterocycles. The quantitative estimate of drug-likeness (QED) is 0.780. The molecule has 0 saturated carbocycles. The van der Waals surface area contributed by atoms with E-state index in [1.807, 2.05) is 4.67 Å². The predicted octanol–water partition coefficient (Wildman–Crippen LogP) is 3.86. The van der Waals surface area contributed by atoms with E-state index in [-0.39, 0.29) is 6.04 Å². The van der Waals surface area contributed by atoms with E-state index < -0.39 is 7.75 Å². The van der Waals surface area contributed by atoms with Crippen molar-refractivity contribution in [2.75, 3.05) is 38.8 Å². The molecule has 0 aromatic heterocycles. The molecule has 2 aliphatic rings. The van der Waals surface area contributed by atoms with Crippen LogP contribution < -0.4 is 4.90 Å². The summed E-state index contributed by atoms with van der Waals surface area (Å²) in [5, 5.41) is 0. The van der Waals surface area contributed by atoms with Crippen molar-refractivity contribution >= 4 is 13.4 Å². The van der Waals surface area contributed by atoms with Crippen LogP contribution in [0.2, 0.25) is 0 Å². The van der Waals surface area contributed by atoms with Gasteiger partial charge in [-0.2, -0.15) is 0 Å². The highest BCUT2D eigenvalue weighted by atomic mass is 31.2. The number of anilines is 1. The highest BCUT2D eigenvalue weighted by Crippen LogP contribution is 2.53. The zero-order chi connectivity index (χ0) is 17.4. The number of para-hydroxylation sites is 1. The van der Waals surface area contributed by atoms with Crippen LogP contribution in [0.1, 0.15) is 22.7 Å². The van der Waals surface area contributed by atoms with E-state index in [0.29, 0.717) is 13.1 Å². The summed E-state index contributed by atoms with van der Waals surface area (Å²) in [5.74, 6) is 0. The molecule has 4 rings (SSSR count). The van der Waals surface area contributed by atoms with Crippen LogP contribution in [-0.4, -0.2) is 38.5 Å². The molecule has 2 aromatic rings. The normalized spacial score (nSPS) is 20.4. The lowest BCUT2D eigenvalue weighted by molar-refractivity contribution is 0.192. The van der Waals surface area contributed by atoms with Gasteiger partial charge in [0.05, 0.1) is 6.04 Å². The molecule has 0 aliphatic carbocycles. The van der Waals surface area contributed by atoms with Crippen molar-refractivity contribution in [3.05, 3.63) is 65.2 Å². The van der Waals surface area contributed by atoms with Crippen molar-refractivity contribution in [3.8, 4) is 0 Å². The predicted molar refractivity (Wildman–Crippen MR) is 99.0 cm³/mol. The summed E-state index contributed by atoms with van der Waals surface area (Å²) in [6, 6.07) is 17.3. The number of piperazine rings is 1. The number of nitrogens with zero attached hydrogens (tertiary/aromatic N) is 2. The molecule has 1 fully saturated rings. The molecule has 1 atom stereocenters. The Morgan fingerprint density at radius 1 is 0.960 bits per heavy atom. The topological polar surface area (TPSA) is 42.0 Å². The van der Waals surface area contributed by atoms with Crippen LogP contribution in [-0.2, 0) is 20.0 Å². The maximum Gasteiger partial charge on any atom is 0.407 e. The van der Waals surface area contributed by atoms with Crippen molar-refractivity contribution in [1.29, 1.82) is 0 Å². The smallest absolute Gasteiger partial charge is 0.362 e. The molecule has 0 radical (unpaired) electrons. The van der Waals surface area contributed by atoms with Crippen molar-refractivity contribution in [2.24, 2.45) is 0 Å². The summed E-state index contributed by atoms with van der Waals surface area (Å²) in [4.78, 5) is 2.44. The van der Waals surface area contributed by atoms with E-state index in [1.165, 1.54) is 36.6 Å². The second-order valence-electron chi connectivity index (χ2n) is 6.46. The second kappa shape index (κ2) is 6.58. The van der Waals surface area contributed by atoms with Crippen LogP contribution in [0.4, 0.5) is 5.69 Å².